The Kier molecular flexibility index (Phi) is 4.47. The van der Waals surface area contributed by atoms with Crippen molar-refractivity contribution in [1.82, 2.24) is 24.5 Å². The quantitative estimate of drug-likeness (QED) is 0.507. The molecule has 3 heterocycles. The van der Waals surface area contributed by atoms with Crippen molar-refractivity contribution in [1.29, 1.82) is 5.26 Å². The maximum atomic E-state index is 15.0. The Morgan fingerprint density at radius 3 is 2.77 bits per heavy atom. The third kappa shape index (κ3) is 3.22. The Morgan fingerprint density at radius 2 is 2.06 bits per heavy atom. The number of nitrogen functional groups attached to an aromatic ring is 1. The van der Waals surface area contributed by atoms with E-state index in [1.807, 2.05) is 19.1 Å². The van der Waals surface area contributed by atoms with Crippen LogP contribution in [0.1, 0.15) is 43.2 Å². The molecule has 1 unspecified atom stereocenters. The molecule has 8 nitrogen and oxygen atoms in total. The van der Waals surface area contributed by atoms with E-state index in [0.29, 0.717) is 22.6 Å². The molecule has 5 rings (SSSR count). The van der Waals surface area contributed by atoms with Gasteiger partial charge in [0.1, 0.15) is 41.2 Å². The van der Waals surface area contributed by atoms with E-state index >= 15 is 4.39 Å². The predicted molar refractivity (Wildman–Crippen MR) is 114 cm³/mol. The molecule has 0 spiro atoms. The number of rotatable bonds is 5. The third-order valence-electron chi connectivity index (χ3n) is 5.39. The third-order valence-corrected chi connectivity index (χ3v) is 5.39. The number of nitrogens with two attached hydrogens (primary N) is 1. The summed E-state index contributed by atoms with van der Waals surface area (Å²) in [5.41, 5.74) is 8.43. The highest BCUT2D eigenvalue weighted by Crippen LogP contribution is 2.43. The number of nitriles is 1. The molecule has 0 bridgehead atoms. The summed E-state index contributed by atoms with van der Waals surface area (Å²) in [4.78, 5) is 17.2. The fourth-order valence-electron chi connectivity index (χ4n) is 3.83. The van der Waals surface area contributed by atoms with Gasteiger partial charge < -0.3 is 15.6 Å². The Hall–Kier alpha value is -4.06. The monoisotopic (exact) mass is 414 g/mol. The molecular formula is C22H19FN8. The van der Waals surface area contributed by atoms with Crippen molar-refractivity contribution in [2.45, 2.75) is 31.8 Å². The number of anilines is 2. The van der Waals surface area contributed by atoms with Gasteiger partial charge in [-0.25, -0.2) is 19.3 Å². The number of nitrogens with zero attached hydrogens (tertiary/aromatic N) is 6. The highest BCUT2D eigenvalue weighted by molar-refractivity contribution is 5.92. The normalized spacial score (nSPS) is 14.4. The van der Waals surface area contributed by atoms with Gasteiger partial charge in [-0.1, -0.05) is 6.07 Å². The Morgan fingerprint density at radius 1 is 1.23 bits per heavy atom. The predicted octanol–water partition coefficient (Wildman–Crippen LogP) is 3.99. The number of nitrogens with one attached hydrogen (secondary N) is 1. The van der Waals surface area contributed by atoms with Crippen LogP contribution in [-0.4, -0.2) is 24.5 Å². The van der Waals surface area contributed by atoms with Crippen LogP contribution >= 0.6 is 0 Å². The van der Waals surface area contributed by atoms with E-state index in [2.05, 4.69) is 24.8 Å². The van der Waals surface area contributed by atoms with Crippen molar-refractivity contribution in [2.24, 2.45) is 0 Å². The van der Waals surface area contributed by atoms with Crippen molar-refractivity contribution in [3.63, 3.8) is 0 Å². The van der Waals surface area contributed by atoms with Gasteiger partial charge in [0, 0.05) is 12.2 Å². The molecule has 9 heteroatoms. The topological polar surface area (TPSA) is 118 Å². The van der Waals surface area contributed by atoms with Crippen LogP contribution in [-0.2, 0) is 0 Å². The maximum Gasteiger partial charge on any atom is 0.150 e. The summed E-state index contributed by atoms with van der Waals surface area (Å²) >= 11 is 0. The van der Waals surface area contributed by atoms with Crippen molar-refractivity contribution in [3.8, 4) is 17.3 Å². The molecule has 0 amide bonds. The first kappa shape index (κ1) is 18.9. The summed E-state index contributed by atoms with van der Waals surface area (Å²) in [5, 5.41) is 12.7. The smallest absolute Gasteiger partial charge is 0.150 e. The van der Waals surface area contributed by atoms with Gasteiger partial charge in [0.2, 0.25) is 0 Å². The van der Waals surface area contributed by atoms with Crippen LogP contribution in [0.15, 0.2) is 42.9 Å². The number of aromatic nitrogens is 5. The summed E-state index contributed by atoms with van der Waals surface area (Å²) < 4.78 is 17.1. The van der Waals surface area contributed by atoms with Crippen molar-refractivity contribution < 1.29 is 4.39 Å². The van der Waals surface area contributed by atoms with Crippen LogP contribution in [0.2, 0.25) is 0 Å². The Labute approximate surface area is 177 Å². The zero-order valence-electron chi connectivity index (χ0n) is 16.7. The van der Waals surface area contributed by atoms with Crippen LogP contribution < -0.4 is 11.1 Å². The summed E-state index contributed by atoms with van der Waals surface area (Å²) in [6.07, 6.45) is 4.95. The molecule has 1 fully saturated rings. The maximum absolute atomic E-state index is 15.0. The highest BCUT2D eigenvalue weighted by atomic mass is 19.1. The van der Waals surface area contributed by atoms with Gasteiger partial charge in [-0.3, -0.25) is 4.98 Å². The molecule has 1 aromatic carbocycles. The summed E-state index contributed by atoms with van der Waals surface area (Å²) in [6, 6.07) is 10.5. The zero-order chi connectivity index (χ0) is 21.5. The lowest BCUT2D eigenvalue weighted by atomic mass is 10.1. The van der Waals surface area contributed by atoms with E-state index < -0.39 is 0 Å². The van der Waals surface area contributed by atoms with Crippen LogP contribution in [0.4, 0.5) is 16.0 Å². The number of benzene rings is 1. The zero-order valence-corrected chi connectivity index (χ0v) is 16.7. The number of imidazole rings is 1. The molecule has 3 aromatic heterocycles. The van der Waals surface area contributed by atoms with E-state index in [1.165, 1.54) is 12.4 Å². The number of hydrogen-bond donors (Lipinski definition) is 2. The molecule has 0 radical (unpaired) electrons. The molecule has 1 aliphatic rings. The van der Waals surface area contributed by atoms with Crippen LogP contribution in [0, 0.1) is 17.1 Å². The van der Waals surface area contributed by atoms with Gasteiger partial charge in [0.15, 0.2) is 0 Å². The van der Waals surface area contributed by atoms with E-state index in [-0.39, 0.29) is 29.3 Å². The second-order valence-corrected chi connectivity index (χ2v) is 7.54. The van der Waals surface area contributed by atoms with Gasteiger partial charge >= 0.3 is 0 Å². The van der Waals surface area contributed by atoms with Gasteiger partial charge in [-0.2, -0.15) is 5.26 Å². The number of fused-ring (bicyclic) bond motifs is 1. The fraction of sp³-hybridized carbons (Fsp3) is 0.227. The van der Waals surface area contributed by atoms with Crippen molar-refractivity contribution >= 4 is 22.7 Å². The van der Waals surface area contributed by atoms with E-state index in [9.17, 15) is 5.26 Å². The first-order valence-electron chi connectivity index (χ1n) is 9.97. The van der Waals surface area contributed by atoms with Gasteiger partial charge in [-0.15, -0.1) is 0 Å². The molecule has 0 aliphatic heterocycles. The lowest BCUT2D eigenvalue weighted by molar-refractivity contribution is 0.628. The molecular weight excluding hydrogens is 395 g/mol. The molecule has 0 saturated heterocycles. The molecule has 154 valence electrons. The number of pyridine rings is 1. The van der Waals surface area contributed by atoms with E-state index in [1.54, 1.807) is 24.4 Å². The molecule has 1 saturated carbocycles. The first-order chi connectivity index (χ1) is 15.1. The minimum Gasteiger partial charge on any atom is -0.382 e. The average molecular weight is 414 g/mol. The van der Waals surface area contributed by atoms with Crippen LogP contribution in [0.3, 0.4) is 0 Å². The minimum absolute atomic E-state index is 0.113. The minimum atomic E-state index is -0.337. The highest BCUT2D eigenvalue weighted by Gasteiger charge is 2.32. The standard InChI is InChI=1S/C22H19FN8/c1-12(29-21-14(10-24)20(25)27-11-28-21)22-30-17-8-7-15(23)18(16-4-2-3-9-26-16)19(17)31(22)13-5-6-13/h2-4,7-9,11-13H,5-6H2,1H3,(H3,25,27,28,29). The van der Waals surface area contributed by atoms with Gasteiger partial charge in [-0.05, 0) is 44.0 Å². The molecule has 4 aromatic rings. The van der Waals surface area contributed by atoms with Crippen LogP contribution in [0.25, 0.3) is 22.3 Å². The Bertz CT molecular complexity index is 1320. The van der Waals surface area contributed by atoms with Crippen molar-refractivity contribution in [3.05, 3.63) is 60.1 Å². The lowest BCUT2D eigenvalue weighted by Gasteiger charge is -2.18. The van der Waals surface area contributed by atoms with E-state index in [4.69, 9.17) is 10.7 Å². The van der Waals surface area contributed by atoms with Crippen LogP contribution in [0.5, 0.6) is 0 Å². The molecule has 3 N–H and O–H groups in total. The largest absolute Gasteiger partial charge is 0.382 e. The SMILES string of the molecule is CC(Nc1ncnc(N)c1C#N)c1nc2ccc(F)c(-c3ccccn3)c2n1C1CC1. The number of halogens is 1. The fourth-order valence-corrected chi connectivity index (χ4v) is 3.83. The lowest BCUT2D eigenvalue weighted by Crippen LogP contribution is -2.16. The summed E-state index contributed by atoms with van der Waals surface area (Å²) in [7, 11) is 0. The van der Waals surface area contributed by atoms with Gasteiger partial charge in [0.05, 0.1) is 28.3 Å². The second kappa shape index (κ2) is 7.32. The second-order valence-electron chi connectivity index (χ2n) is 7.54. The van der Waals surface area contributed by atoms with Crippen molar-refractivity contribution in [2.75, 3.05) is 11.1 Å². The summed E-state index contributed by atoms with van der Waals surface area (Å²) in [5.74, 6) is 0.854. The molecule has 1 aliphatic carbocycles. The first-order valence-corrected chi connectivity index (χ1v) is 9.97. The Balaban J connectivity index is 1.66. The van der Waals surface area contributed by atoms with E-state index in [0.717, 1.165) is 24.2 Å². The average Bonchev–Trinajstić information content (AvgIpc) is 3.54. The van der Waals surface area contributed by atoms with Gasteiger partial charge in [0.25, 0.3) is 0 Å². The molecule has 31 heavy (non-hydrogen) atoms. The molecule has 1 atom stereocenters. The number of hydrogen-bond acceptors (Lipinski definition) is 7. The summed E-state index contributed by atoms with van der Waals surface area (Å²) in [6.45, 7) is 1.93.